The van der Waals surface area contributed by atoms with Crippen molar-refractivity contribution >= 4 is 11.3 Å². The number of halogens is 2. The number of thiazole rings is 1. The van der Waals surface area contributed by atoms with Crippen LogP contribution in [-0.4, -0.2) is 4.98 Å². The Morgan fingerprint density at radius 2 is 2.00 bits per heavy atom. The average Bonchev–Trinajstić information content (AvgIpc) is 2.77. The third-order valence-electron chi connectivity index (χ3n) is 2.19. The first-order valence-electron chi connectivity index (χ1n) is 4.52. The molecule has 0 aliphatic carbocycles. The molecule has 0 bridgehead atoms. The quantitative estimate of drug-likeness (QED) is 0.638. The molecule has 3 N–H and O–H groups in total. The predicted octanol–water partition coefficient (Wildman–Crippen LogP) is 1.97. The molecular weight excluding hydrogens is 232 g/mol. The minimum Gasteiger partial charge on any atom is -0.271 e. The molecule has 0 aliphatic heterocycles. The van der Waals surface area contributed by atoms with Gasteiger partial charge in [-0.1, -0.05) is 6.07 Å². The first-order chi connectivity index (χ1) is 7.74. The lowest BCUT2D eigenvalue weighted by molar-refractivity contribution is 0.513. The second-order valence-electron chi connectivity index (χ2n) is 3.14. The molecule has 0 saturated carbocycles. The predicted molar refractivity (Wildman–Crippen MR) is 57.6 cm³/mol. The van der Waals surface area contributed by atoms with Gasteiger partial charge in [0.15, 0.2) is 0 Å². The number of rotatable bonds is 3. The first-order valence-corrected chi connectivity index (χ1v) is 5.40. The van der Waals surface area contributed by atoms with Gasteiger partial charge in [0, 0.05) is 16.6 Å². The third kappa shape index (κ3) is 1.95. The van der Waals surface area contributed by atoms with E-state index in [1.54, 1.807) is 5.51 Å². The molecule has 2 aromatic rings. The van der Waals surface area contributed by atoms with E-state index < -0.39 is 17.7 Å². The summed E-state index contributed by atoms with van der Waals surface area (Å²) in [6.07, 6.45) is 1.53. The molecule has 1 atom stereocenters. The number of benzene rings is 1. The molecule has 1 heterocycles. The molecule has 1 unspecified atom stereocenters. The molecule has 84 valence electrons. The zero-order chi connectivity index (χ0) is 11.5. The van der Waals surface area contributed by atoms with E-state index >= 15 is 0 Å². The van der Waals surface area contributed by atoms with Gasteiger partial charge < -0.3 is 0 Å². The van der Waals surface area contributed by atoms with Crippen molar-refractivity contribution in [1.29, 1.82) is 0 Å². The van der Waals surface area contributed by atoms with Crippen LogP contribution < -0.4 is 11.3 Å². The lowest BCUT2D eigenvalue weighted by Gasteiger charge is -2.15. The van der Waals surface area contributed by atoms with Crippen LogP contribution in [0.2, 0.25) is 0 Å². The van der Waals surface area contributed by atoms with Crippen LogP contribution in [0.1, 0.15) is 16.5 Å². The Kier molecular flexibility index (Phi) is 3.23. The van der Waals surface area contributed by atoms with E-state index in [4.69, 9.17) is 5.84 Å². The fraction of sp³-hybridized carbons (Fsp3) is 0.100. The van der Waals surface area contributed by atoms with Gasteiger partial charge in [0.05, 0.1) is 11.6 Å². The Morgan fingerprint density at radius 3 is 2.50 bits per heavy atom. The molecule has 0 fully saturated rings. The van der Waals surface area contributed by atoms with Crippen LogP contribution in [0.5, 0.6) is 0 Å². The molecule has 0 spiro atoms. The highest BCUT2D eigenvalue weighted by Gasteiger charge is 2.21. The second kappa shape index (κ2) is 4.65. The third-order valence-corrected chi connectivity index (χ3v) is 3.03. The lowest BCUT2D eigenvalue weighted by Crippen LogP contribution is -2.29. The van der Waals surface area contributed by atoms with Gasteiger partial charge in [-0.25, -0.2) is 14.2 Å². The molecule has 1 aromatic carbocycles. The molecule has 0 radical (unpaired) electrons. The van der Waals surface area contributed by atoms with Crippen molar-refractivity contribution < 1.29 is 8.78 Å². The summed E-state index contributed by atoms with van der Waals surface area (Å²) in [5, 5.41) is 0. The van der Waals surface area contributed by atoms with E-state index in [2.05, 4.69) is 10.4 Å². The SMILES string of the molecule is NNC(c1cncs1)c1c(F)cccc1F. The van der Waals surface area contributed by atoms with E-state index in [-0.39, 0.29) is 5.56 Å². The standard InChI is InChI=1S/C10H9F2N3S/c11-6-2-1-3-7(12)9(6)10(15-13)8-4-14-5-16-8/h1-5,10,15H,13H2. The van der Waals surface area contributed by atoms with E-state index in [0.717, 1.165) is 0 Å². The highest BCUT2D eigenvalue weighted by atomic mass is 32.1. The highest BCUT2D eigenvalue weighted by Crippen LogP contribution is 2.28. The summed E-state index contributed by atoms with van der Waals surface area (Å²) in [5.74, 6) is 4.07. The second-order valence-corrected chi connectivity index (χ2v) is 4.06. The molecule has 16 heavy (non-hydrogen) atoms. The summed E-state index contributed by atoms with van der Waals surface area (Å²) in [7, 11) is 0. The van der Waals surface area contributed by atoms with Crippen molar-refractivity contribution in [3.8, 4) is 0 Å². The molecule has 3 nitrogen and oxygen atoms in total. The number of hydrazine groups is 1. The largest absolute Gasteiger partial charge is 0.271 e. The van der Waals surface area contributed by atoms with Crippen LogP contribution in [0.4, 0.5) is 8.78 Å². The molecule has 2 rings (SSSR count). The number of aromatic nitrogens is 1. The van der Waals surface area contributed by atoms with Crippen molar-refractivity contribution in [2.24, 2.45) is 5.84 Å². The van der Waals surface area contributed by atoms with Gasteiger partial charge in [0.2, 0.25) is 0 Å². The maximum absolute atomic E-state index is 13.5. The molecule has 6 heteroatoms. The maximum atomic E-state index is 13.5. The van der Waals surface area contributed by atoms with E-state index in [9.17, 15) is 8.78 Å². The number of nitrogens with zero attached hydrogens (tertiary/aromatic N) is 1. The summed E-state index contributed by atoms with van der Waals surface area (Å²) in [5.41, 5.74) is 3.89. The van der Waals surface area contributed by atoms with Crippen LogP contribution in [0, 0.1) is 11.6 Å². The molecule has 1 aromatic heterocycles. The summed E-state index contributed by atoms with van der Waals surface area (Å²) in [4.78, 5) is 4.51. The van der Waals surface area contributed by atoms with Gasteiger partial charge >= 0.3 is 0 Å². The van der Waals surface area contributed by atoms with E-state index in [1.165, 1.54) is 35.7 Å². The molecule has 0 saturated heterocycles. The highest BCUT2D eigenvalue weighted by molar-refractivity contribution is 7.09. The minimum atomic E-state index is -0.714. The van der Waals surface area contributed by atoms with Gasteiger partial charge in [-0.2, -0.15) is 0 Å². The number of hydrogen-bond donors (Lipinski definition) is 2. The monoisotopic (exact) mass is 241 g/mol. The van der Waals surface area contributed by atoms with Crippen LogP contribution in [-0.2, 0) is 0 Å². The minimum absolute atomic E-state index is 0.0887. The molecular formula is C10H9F2N3S. The van der Waals surface area contributed by atoms with Gasteiger partial charge in [0.25, 0.3) is 0 Å². The van der Waals surface area contributed by atoms with Crippen molar-refractivity contribution in [1.82, 2.24) is 10.4 Å². The topological polar surface area (TPSA) is 50.9 Å². The van der Waals surface area contributed by atoms with Gasteiger partial charge in [-0.3, -0.25) is 10.8 Å². The van der Waals surface area contributed by atoms with Gasteiger partial charge in [0.1, 0.15) is 11.6 Å². The Balaban J connectivity index is 2.49. The fourth-order valence-corrected chi connectivity index (χ4v) is 2.15. The summed E-state index contributed by atoms with van der Waals surface area (Å²) in [6.45, 7) is 0. The van der Waals surface area contributed by atoms with Gasteiger partial charge in [-0.15, -0.1) is 11.3 Å². The summed E-state index contributed by atoms with van der Waals surface area (Å²) >= 11 is 1.28. The fourth-order valence-electron chi connectivity index (χ4n) is 1.46. The Morgan fingerprint density at radius 1 is 1.31 bits per heavy atom. The van der Waals surface area contributed by atoms with Crippen molar-refractivity contribution in [2.75, 3.05) is 0 Å². The van der Waals surface area contributed by atoms with Crippen LogP contribution in [0.15, 0.2) is 29.9 Å². The number of nitrogens with one attached hydrogen (secondary N) is 1. The molecule has 0 amide bonds. The average molecular weight is 241 g/mol. The van der Waals surface area contributed by atoms with Crippen molar-refractivity contribution in [3.63, 3.8) is 0 Å². The Labute approximate surface area is 94.9 Å². The molecule has 0 aliphatic rings. The van der Waals surface area contributed by atoms with Crippen LogP contribution in [0.3, 0.4) is 0 Å². The smallest absolute Gasteiger partial charge is 0.131 e. The summed E-state index contributed by atoms with van der Waals surface area (Å²) < 4.78 is 27.1. The van der Waals surface area contributed by atoms with Crippen LogP contribution >= 0.6 is 11.3 Å². The van der Waals surface area contributed by atoms with Crippen LogP contribution in [0.25, 0.3) is 0 Å². The Bertz CT molecular complexity index is 453. The van der Waals surface area contributed by atoms with Crippen molar-refractivity contribution in [2.45, 2.75) is 6.04 Å². The maximum Gasteiger partial charge on any atom is 0.131 e. The van der Waals surface area contributed by atoms with Crippen molar-refractivity contribution in [3.05, 3.63) is 52.0 Å². The first kappa shape index (κ1) is 11.1. The van der Waals surface area contributed by atoms with E-state index in [0.29, 0.717) is 4.88 Å². The number of hydrogen-bond acceptors (Lipinski definition) is 4. The number of nitrogens with two attached hydrogens (primary N) is 1. The van der Waals surface area contributed by atoms with Gasteiger partial charge in [-0.05, 0) is 12.1 Å². The normalized spacial score (nSPS) is 12.7. The zero-order valence-electron chi connectivity index (χ0n) is 8.15. The summed E-state index contributed by atoms with van der Waals surface area (Å²) in [6, 6.07) is 3.00. The lowest BCUT2D eigenvalue weighted by atomic mass is 10.1. The van der Waals surface area contributed by atoms with E-state index in [1.807, 2.05) is 0 Å². The zero-order valence-corrected chi connectivity index (χ0v) is 8.97. The Hall–Kier alpha value is -1.37.